The molecule has 184 valence electrons. The van der Waals surface area contributed by atoms with E-state index in [-0.39, 0.29) is 43.7 Å². The molecule has 1 aromatic carbocycles. The van der Waals surface area contributed by atoms with Gasteiger partial charge in [-0.2, -0.15) is 0 Å². The Kier molecular flexibility index (Phi) is 7.28. The van der Waals surface area contributed by atoms with Gasteiger partial charge >= 0.3 is 5.97 Å². The van der Waals surface area contributed by atoms with Crippen molar-refractivity contribution in [2.75, 3.05) is 13.2 Å². The van der Waals surface area contributed by atoms with E-state index in [0.29, 0.717) is 18.5 Å². The highest BCUT2D eigenvalue weighted by atomic mass is 16.5. The van der Waals surface area contributed by atoms with Crippen LogP contribution in [0, 0.1) is 6.92 Å². The number of carbonyl (C=O) groups excluding carboxylic acids is 4. The zero-order chi connectivity index (χ0) is 25.0. The Morgan fingerprint density at radius 2 is 1.86 bits per heavy atom. The fourth-order valence-electron chi connectivity index (χ4n) is 5.26. The van der Waals surface area contributed by atoms with Gasteiger partial charge in [-0.15, -0.1) is 0 Å². The third-order valence-corrected chi connectivity index (χ3v) is 6.99. The lowest BCUT2D eigenvalue weighted by atomic mass is 9.73. The van der Waals surface area contributed by atoms with Gasteiger partial charge in [0, 0.05) is 31.8 Å². The van der Waals surface area contributed by atoms with Crippen LogP contribution < -0.4 is 0 Å². The number of carbonyl (C=O) groups is 4. The van der Waals surface area contributed by atoms with Gasteiger partial charge in [0.1, 0.15) is 6.04 Å². The maximum absolute atomic E-state index is 14.0. The largest absolute Gasteiger partial charge is 0.464 e. The third-order valence-electron chi connectivity index (χ3n) is 6.99. The van der Waals surface area contributed by atoms with Crippen LogP contribution in [0.15, 0.2) is 48.8 Å². The highest BCUT2D eigenvalue weighted by Crippen LogP contribution is 2.42. The number of nitrogens with zero attached hydrogens (tertiary/aromatic N) is 3. The molecule has 0 aliphatic carbocycles. The van der Waals surface area contributed by atoms with Gasteiger partial charge < -0.3 is 9.64 Å². The van der Waals surface area contributed by atoms with Crippen LogP contribution in [-0.4, -0.2) is 57.7 Å². The molecule has 2 saturated heterocycles. The molecule has 0 N–H and O–H groups in total. The SMILES string of the molecule is CCOC(=O)[C@H]1CCCCN1C(=O)C[C@@]1(c2ccccc2C)CC(=O)N(Cc2ccncc2)C1=O. The number of hydrogen-bond acceptors (Lipinski definition) is 6. The van der Waals surface area contributed by atoms with Crippen molar-refractivity contribution in [1.82, 2.24) is 14.8 Å². The second-order valence-electron chi connectivity index (χ2n) is 9.24. The quantitative estimate of drug-likeness (QED) is 0.449. The number of pyridine rings is 1. The van der Waals surface area contributed by atoms with Crippen molar-refractivity contribution in [3.05, 3.63) is 65.5 Å². The fraction of sp³-hybridized carbons (Fsp3) is 0.444. The summed E-state index contributed by atoms with van der Waals surface area (Å²) < 4.78 is 5.22. The number of imide groups is 1. The van der Waals surface area contributed by atoms with Crippen LogP contribution in [0.25, 0.3) is 0 Å². The van der Waals surface area contributed by atoms with Gasteiger partial charge in [0.15, 0.2) is 0 Å². The minimum Gasteiger partial charge on any atom is -0.464 e. The number of ether oxygens (including phenoxy) is 1. The number of benzene rings is 1. The molecule has 4 rings (SSSR count). The number of piperidine rings is 1. The van der Waals surface area contributed by atoms with Crippen molar-refractivity contribution in [1.29, 1.82) is 0 Å². The summed E-state index contributed by atoms with van der Waals surface area (Å²) in [4.78, 5) is 60.2. The first kappa shape index (κ1) is 24.6. The number of esters is 1. The lowest BCUT2D eigenvalue weighted by Gasteiger charge is -2.37. The van der Waals surface area contributed by atoms with E-state index < -0.39 is 17.4 Å². The summed E-state index contributed by atoms with van der Waals surface area (Å²) in [5.74, 6) is -1.42. The summed E-state index contributed by atoms with van der Waals surface area (Å²) in [6.07, 6.45) is 5.10. The number of amides is 3. The Bertz CT molecular complexity index is 1120. The molecular weight excluding hydrogens is 446 g/mol. The van der Waals surface area contributed by atoms with Crippen LogP contribution in [-0.2, 0) is 35.9 Å². The van der Waals surface area contributed by atoms with Crippen molar-refractivity contribution in [2.45, 2.75) is 64.0 Å². The van der Waals surface area contributed by atoms with Crippen LogP contribution in [0.4, 0.5) is 0 Å². The Morgan fingerprint density at radius 3 is 2.57 bits per heavy atom. The molecule has 0 bridgehead atoms. The molecule has 0 unspecified atom stereocenters. The summed E-state index contributed by atoms with van der Waals surface area (Å²) >= 11 is 0. The van der Waals surface area contributed by atoms with Crippen molar-refractivity contribution in [2.24, 2.45) is 0 Å². The van der Waals surface area contributed by atoms with Gasteiger partial charge in [-0.05, 0) is 61.9 Å². The first-order valence-electron chi connectivity index (χ1n) is 12.1. The van der Waals surface area contributed by atoms with Crippen molar-refractivity contribution >= 4 is 23.7 Å². The van der Waals surface area contributed by atoms with E-state index in [0.717, 1.165) is 24.0 Å². The molecule has 2 aromatic rings. The molecule has 3 heterocycles. The minimum atomic E-state index is -1.32. The molecule has 2 aliphatic rings. The smallest absolute Gasteiger partial charge is 0.328 e. The molecule has 1 aromatic heterocycles. The summed E-state index contributed by atoms with van der Waals surface area (Å²) in [6, 6.07) is 10.3. The van der Waals surface area contributed by atoms with E-state index in [1.807, 2.05) is 31.2 Å². The number of aromatic nitrogens is 1. The molecule has 2 fully saturated rings. The van der Waals surface area contributed by atoms with Crippen molar-refractivity contribution in [3.8, 4) is 0 Å². The zero-order valence-electron chi connectivity index (χ0n) is 20.2. The van der Waals surface area contributed by atoms with E-state index in [9.17, 15) is 19.2 Å². The molecule has 2 aliphatic heterocycles. The molecule has 3 amide bonds. The Balaban J connectivity index is 1.68. The highest BCUT2D eigenvalue weighted by Gasteiger charge is 2.55. The second-order valence-corrected chi connectivity index (χ2v) is 9.24. The van der Waals surface area contributed by atoms with Crippen LogP contribution in [0.1, 0.15) is 55.7 Å². The minimum absolute atomic E-state index is 0.0918. The van der Waals surface area contributed by atoms with Crippen LogP contribution in [0.5, 0.6) is 0 Å². The Morgan fingerprint density at radius 1 is 1.11 bits per heavy atom. The lowest BCUT2D eigenvalue weighted by molar-refractivity contribution is -0.157. The topological polar surface area (TPSA) is 96.9 Å². The summed E-state index contributed by atoms with van der Waals surface area (Å²) in [6.45, 7) is 4.40. The third kappa shape index (κ3) is 4.83. The number of aryl methyl sites for hydroxylation is 1. The highest BCUT2D eigenvalue weighted by molar-refractivity contribution is 6.11. The Hall–Kier alpha value is -3.55. The number of likely N-dealkylation sites (tertiary alicyclic amines) is 2. The van der Waals surface area contributed by atoms with Gasteiger partial charge in [0.25, 0.3) is 0 Å². The maximum atomic E-state index is 14.0. The van der Waals surface area contributed by atoms with Crippen LogP contribution in [0.2, 0.25) is 0 Å². The van der Waals surface area contributed by atoms with Crippen LogP contribution >= 0.6 is 0 Å². The fourth-order valence-corrected chi connectivity index (χ4v) is 5.26. The first-order chi connectivity index (χ1) is 16.9. The monoisotopic (exact) mass is 477 g/mol. The van der Waals surface area contributed by atoms with E-state index in [4.69, 9.17) is 4.74 Å². The standard InChI is InChI=1S/C27H31N3O5/c1-3-35-25(33)22-10-6-7-15-29(22)23(31)16-27(21-9-5-4-8-19(21)2)17-24(32)30(26(27)34)18-20-11-13-28-14-12-20/h4-5,8-9,11-14,22H,3,6-7,10,15-18H2,1-2H3/t22-,27+/m1/s1. The van der Waals surface area contributed by atoms with Crippen molar-refractivity contribution in [3.63, 3.8) is 0 Å². The summed E-state index contributed by atoms with van der Waals surface area (Å²) in [7, 11) is 0. The zero-order valence-corrected chi connectivity index (χ0v) is 20.2. The van der Waals surface area contributed by atoms with Crippen molar-refractivity contribution < 1.29 is 23.9 Å². The van der Waals surface area contributed by atoms with Gasteiger partial charge in [-0.1, -0.05) is 24.3 Å². The van der Waals surface area contributed by atoms with Crippen LogP contribution in [0.3, 0.4) is 0 Å². The molecular formula is C27H31N3O5. The van der Waals surface area contributed by atoms with E-state index in [1.54, 1.807) is 36.4 Å². The molecule has 35 heavy (non-hydrogen) atoms. The van der Waals surface area contributed by atoms with E-state index in [1.165, 1.54) is 4.90 Å². The van der Waals surface area contributed by atoms with Gasteiger partial charge in [-0.3, -0.25) is 24.3 Å². The Labute approximate surface area is 205 Å². The maximum Gasteiger partial charge on any atom is 0.328 e. The first-order valence-corrected chi connectivity index (χ1v) is 12.1. The molecule has 8 heteroatoms. The predicted octanol–water partition coefficient (Wildman–Crippen LogP) is 2.92. The summed E-state index contributed by atoms with van der Waals surface area (Å²) in [5.41, 5.74) is 0.983. The predicted molar refractivity (Wildman–Crippen MR) is 128 cm³/mol. The average molecular weight is 478 g/mol. The number of rotatable bonds is 7. The lowest BCUT2D eigenvalue weighted by Crippen LogP contribution is -2.51. The molecule has 0 spiro atoms. The molecule has 2 atom stereocenters. The second kappa shape index (κ2) is 10.4. The number of hydrogen-bond donors (Lipinski definition) is 0. The average Bonchev–Trinajstić information content (AvgIpc) is 3.09. The van der Waals surface area contributed by atoms with E-state index >= 15 is 0 Å². The molecule has 0 saturated carbocycles. The summed E-state index contributed by atoms with van der Waals surface area (Å²) in [5, 5.41) is 0. The van der Waals surface area contributed by atoms with E-state index in [2.05, 4.69) is 4.98 Å². The molecule has 0 radical (unpaired) electrons. The normalized spacial score (nSPS) is 22.4. The van der Waals surface area contributed by atoms with Gasteiger partial charge in [-0.25, -0.2) is 4.79 Å². The van der Waals surface area contributed by atoms with Gasteiger partial charge in [0.2, 0.25) is 17.7 Å². The molecule has 8 nitrogen and oxygen atoms in total. The van der Waals surface area contributed by atoms with Gasteiger partial charge in [0.05, 0.1) is 18.6 Å².